The molecule has 0 saturated carbocycles. The average Bonchev–Trinajstić information content (AvgIpc) is 3.09. The van der Waals surface area contributed by atoms with E-state index in [4.69, 9.17) is 15.2 Å². The molecule has 0 fully saturated rings. The number of ether oxygens (including phenoxy) is 2. The van der Waals surface area contributed by atoms with Crippen molar-refractivity contribution in [2.45, 2.75) is 72.9 Å². The summed E-state index contributed by atoms with van der Waals surface area (Å²) in [6.45, 7) is 13.7. The van der Waals surface area contributed by atoms with Crippen LogP contribution in [0.5, 0.6) is 5.75 Å². The Hall–Kier alpha value is -2.43. The third-order valence-corrected chi connectivity index (χ3v) is 7.13. The summed E-state index contributed by atoms with van der Waals surface area (Å²) in [5, 5.41) is 0. The number of aryl methyl sites for hydroxylation is 1. The number of nitrogens with two attached hydrogens (primary N) is 1. The molecule has 6 nitrogen and oxygen atoms in total. The van der Waals surface area contributed by atoms with Gasteiger partial charge in [-0.25, -0.2) is 0 Å². The van der Waals surface area contributed by atoms with Crippen LogP contribution in [0.2, 0.25) is 0 Å². The van der Waals surface area contributed by atoms with Crippen LogP contribution in [0.3, 0.4) is 0 Å². The largest absolute Gasteiger partial charge is 0.492 e. The Kier molecular flexibility index (Phi) is 13.5. The molecule has 2 atom stereocenters. The van der Waals surface area contributed by atoms with Gasteiger partial charge in [0.15, 0.2) is 0 Å². The van der Waals surface area contributed by atoms with Gasteiger partial charge in [0.2, 0.25) is 0 Å². The van der Waals surface area contributed by atoms with Gasteiger partial charge in [0.25, 0.3) is 0 Å². The van der Waals surface area contributed by atoms with Crippen molar-refractivity contribution in [2.75, 3.05) is 25.9 Å². The van der Waals surface area contributed by atoms with Crippen molar-refractivity contribution in [2.24, 2.45) is 5.73 Å². The molecule has 0 aliphatic carbocycles. The van der Waals surface area contributed by atoms with Gasteiger partial charge in [-0.05, 0) is 67.3 Å². The fourth-order valence-corrected chi connectivity index (χ4v) is 4.83. The Balaban J connectivity index is 0.00000222. The molecule has 0 amide bonds. The van der Waals surface area contributed by atoms with E-state index in [1.807, 2.05) is 33.0 Å². The van der Waals surface area contributed by atoms with Crippen molar-refractivity contribution in [3.05, 3.63) is 70.4 Å². The van der Waals surface area contributed by atoms with E-state index in [0.717, 1.165) is 64.2 Å². The van der Waals surface area contributed by atoms with Crippen molar-refractivity contribution < 1.29 is 14.3 Å². The van der Waals surface area contributed by atoms with E-state index in [9.17, 15) is 4.79 Å². The lowest BCUT2D eigenvalue weighted by molar-refractivity contribution is -0.143. The lowest BCUT2D eigenvalue weighted by Crippen LogP contribution is -2.25. The van der Waals surface area contributed by atoms with E-state index in [1.165, 1.54) is 16.7 Å². The zero-order valence-corrected chi connectivity index (χ0v) is 23.7. The van der Waals surface area contributed by atoms with Gasteiger partial charge in [-0.3, -0.25) is 14.7 Å². The van der Waals surface area contributed by atoms with Crippen LogP contribution < -0.4 is 10.5 Å². The monoisotopic (exact) mass is 513 g/mol. The molecule has 7 heteroatoms. The van der Waals surface area contributed by atoms with Crippen molar-refractivity contribution in [1.29, 1.82) is 0 Å². The summed E-state index contributed by atoms with van der Waals surface area (Å²) >= 11 is 0. The zero-order valence-electron chi connectivity index (χ0n) is 22.7. The molecule has 2 unspecified atom stereocenters. The van der Waals surface area contributed by atoms with E-state index in [2.05, 4.69) is 47.7 Å². The summed E-state index contributed by atoms with van der Waals surface area (Å²) < 4.78 is 11.2. The van der Waals surface area contributed by atoms with Gasteiger partial charge >= 0.3 is 5.97 Å². The molecule has 0 spiro atoms. The number of rotatable bonds is 11. The van der Waals surface area contributed by atoms with Crippen LogP contribution in [0, 0.1) is 6.92 Å². The first-order valence-corrected chi connectivity index (χ1v) is 14.5. The molecule has 1 aliphatic heterocycles. The highest BCUT2D eigenvalue weighted by atomic mass is 31.1. The first kappa shape index (κ1) is 29.8. The molecule has 0 saturated heterocycles. The molecule has 0 bridgehead atoms. The minimum Gasteiger partial charge on any atom is -0.492 e. The van der Waals surface area contributed by atoms with Gasteiger partial charge in [0.1, 0.15) is 12.4 Å². The fraction of sp³-hybridized carbons (Fsp3) is 0.517. The van der Waals surface area contributed by atoms with Crippen LogP contribution in [0.25, 0.3) is 0 Å². The van der Waals surface area contributed by atoms with Crippen LogP contribution in [0.1, 0.15) is 75.1 Å². The smallest absolute Gasteiger partial charge is 0.306 e. The quantitative estimate of drug-likeness (QED) is 0.288. The van der Waals surface area contributed by atoms with Crippen LogP contribution in [-0.2, 0) is 22.6 Å². The molecule has 1 aromatic carbocycles. The first-order valence-electron chi connectivity index (χ1n) is 13.2. The SMILES string of the molecule is CC.CCOC(=O)CC(CC/C(N)=C/PCC)c1ccc(C)c(CN2CCOc3ccncc3C2)c1. The lowest BCUT2D eigenvalue weighted by atomic mass is 9.88. The van der Waals surface area contributed by atoms with E-state index in [1.54, 1.807) is 6.20 Å². The van der Waals surface area contributed by atoms with Crippen LogP contribution in [0.4, 0.5) is 0 Å². The standard InChI is InChI=1S/C27H38N3O3P.C2H6/c1-4-32-27(31)15-22(8-9-25(28)19-34-5-2)21-7-6-20(3)23(14-21)17-30-12-13-33-26-10-11-29-16-24(26)18-30;1-2/h6-7,10-11,14,16,19,22,34H,4-5,8-9,12-13,15,17-18,28H2,1-3H3;1-2H3/b25-19-;. The van der Waals surface area contributed by atoms with Crippen LogP contribution in [-0.4, -0.2) is 41.8 Å². The highest BCUT2D eigenvalue weighted by Crippen LogP contribution is 2.30. The number of fused-ring (bicyclic) bond motifs is 1. The predicted octanol–water partition coefficient (Wildman–Crippen LogP) is 6.13. The molecule has 1 aliphatic rings. The number of hydrogen-bond acceptors (Lipinski definition) is 6. The Labute approximate surface area is 219 Å². The number of allylic oxidation sites excluding steroid dienone is 1. The second-order valence-corrected chi connectivity index (χ2v) is 10.2. The maximum absolute atomic E-state index is 12.4. The number of nitrogens with zero attached hydrogens (tertiary/aromatic N) is 2. The van der Waals surface area contributed by atoms with Crippen LogP contribution in [0.15, 0.2) is 48.2 Å². The Morgan fingerprint density at radius 3 is 2.86 bits per heavy atom. The third kappa shape index (κ3) is 9.55. The second-order valence-electron chi connectivity index (χ2n) is 8.75. The molecule has 2 aromatic rings. The summed E-state index contributed by atoms with van der Waals surface area (Å²) in [7, 11) is 0.747. The lowest BCUT2D eigenvalue weighted by Gasteiger charge is -2.23. The summed E-state index contributed by atoms with van der Waals surface area (Å²) in [5.41, 5.74) is 12.0. The zero-order chi connectivity index (χ0) is 26.3. The molecule has 1 aromatic heterocycles. The Bertz CT molecular complexity index is 980. The van der Waals surface area contributed by atoms with Gasteiger partial charge in [0, 0.05) is 43.3 Å². The minimum absolute atomic E-state index is 0.0766. The molecule has 2 heterocycles. The highest BCUT2D eigenvalue weighted by molar-refractivity contribution is 7.41. The Morgan fingerprint density at radius 1 is 1.31 bits per heavy atom. The summed E-state index contributed by atoms with van der Waals surface area (Å²) in [4.78, 5) is 19.0. The number of hydrogen-bond donors (Lipinski definition) is 1. The fourth-order valence-electron chi connectivity index (χ4n) is 4.22. The second kappa shape index (κ2) is 16.3. The average molecular weight is 514 g/mol. The summed E-state index contributed by atoms with van der Waals surface area (Å²) in [6.07, 6.45) is 6.76. The van der Waals surface area contributed by atoms with Gasteiger partial charge < -0.3 is 15.2 Å². The number of pyridine rings is 1. The van der Waals surface area contributed by atoms with E-state index in [-0.39, 0.29) is 11.9 Å². The third-order valence-electron chi connectivity index (χ3n) is 6.15. The van der Waals surface area contributed by atoms with Crippen molar-refractivity contribution in [3.8, 4) is 5.75 Å². The maximum atomic E-state index is 12.4. The number of benzene rings is 1. The van der Waals surface area contributed by atoms with Gasteiger partial charge in [-0.1, -0.05) is 47.6 Å². The normalized spacial score (nSPS) is 14.9. The van der Waals surface area contributed by atoms with Crippen LogP contribution >= 0.6 is 8.58 Å². The Morgan fingerprint density at radius 2 is 2.11 bits per heavy atom. The molecule has 36 heavy (non-hydrogen) atoms. The topological polar surface area (TPSA) is 77.7 Å². The van der Waals surface area contributed by atoms with E-state index in [0.29, 0.717) is 19.6 Å². The molecular weight excluding hydrogens is 469 g/mol. The van der Waals surface area contributed by atoms with Gasteiger partial charge in [0.05, 0.1) is 13.0 Å². The molecule has 2 N–H and O–H groups in total. The van der Waals surface area contributed by atoms with E-state index < -0.39 is 0 Å². The summed E-state index contributed by atoms with van der Waals surface area (Å²) in [5.74, 6) is 2.98. The predicted molar refractivity (Wildman–Crippen MR) is 151 cm³/mol. The maximum Gasteiger partial charge on any atom is 0.306 e. The molecule has 3 rings (SSSR count). The van der Waals surface area contributed by atoms with E-state index >= 15 is 0 Å². The molecule has 0 radical (unpaired) electrons. The number of esters is 1. The van der Waals surface area contributed by atoms with Crippen molar-refractivity contribution in [1.82, 2.24) is 9.88 Å². The van der Waals surface area contributed by atoms with Gasteiger partial charge in [-0.2, -0.15) is 0 Å². The molecule has 198 valence electrons. The summed E-state index contributed by atoms with van der Waals surface area (Å²) in [6, 6.07) is 8.53. The molecular formula is C29H44N3O3P. The highest BCUT2D eigenvalue weighted by Gasteiger charge is 2.20. The van der Waals surface area contributed by atoms with Gasteiger partial charge in [-0.15, -0.1) is 0 Å². The first-order chi connectivity index (χ1) is 17.5. The number of aromatic nitrogens is 1. The van der Waals surface area contributed by atoms with Crippen molar-refractivity contribution in [3.63, 3.8) is 0 Å². The minimum atomic E-state index is -0.151. The number of carbonyl (C=O) groups is 1. The van der Waals surface area contributed by atoms with Crippen molar-refractivity contribution >= 4 is 14.6 Å². The number of carbonyl (C=O) groups excluding carboxylic acids is 1.